The molecule has 0 saturated heterocycles. The van der Waals surface area contributed by atoms with Crippen LogP contribution in [0.15, 0.2) is 0 Å². The molecule has 0 rings (SSSR count). The molecule has 16 heavy (non-hydrogen) atoms. The van der Waals surface area contributed by atoms with Crippen LogP contribution in [0.1, 0.15) is 85.0 Å². The second-order valence-corrected chi connectivity index (χ2v) is 5.27. The molecule has 0 nitrogen and oxygen atoms in total. The molecule has 0 spiro atoms. The number of hydrogen-bond donors (Lipinski definition) is 0. The van der Waals surface area contributed by atoms with Crippen molar-refractivity contribution in [2.24, 2.45) is 11.8 Å². The molecular formula is C16H33. The Hall–Kier alpha value is 0. The Balaban J connectivity index is 3.43. The standard InChI is InChI=1S/C16H33/c1-5-8-9-10-11-12-14-15(4)16(7-3)13-6-2/h15-16H,4-14H2,1-3H3. The van der Waals surface area contributed by atoms with Gasteiger partial charge < -0.3 is 0 Å². The second kappa shape index (κ2) is 11.5. The molecule has 0 amide bonds. The Bertz CT molecular complexity index is 128. The second-order valence-electron chi connectivity index (χ2n) is 5.27. The lowest BCUT2D eigenvalue weighted by Gasteiger charge is -2.22. The van der Waals surface area contributed by atoms with Gasteiger partial charge in [-0.05, 0) is 18.8 Å². The summed E-state index contributed by atoms with van der Waals surface area (Å²) in [4.78, 5) is 0. The highest BCUT2D eigenvalue weighted by Crippen LogP contribution is 2.25. The van der Waals surface area contributed by atoms with E-state index in [-0.39, 0.29) is 0 Å². The van der Waals surface area contributed by atoms with Crippen LogP contribution < -0.4 is 0 Å². The van der Waals surface area contributed by atoms with Crippen LogP contribution in [0.5, 0.6) is 0 Å². The van der Waals surface area contributed by atoms with Crippen LogP contribution in [0, 0.1) is 18.8 Å². The molecular weight excluding hydrogens is 192 g/mol. The van der Waals surface area contributed by atoms with Gasteiger partial charge in [-0.25, -0.2) is 0 Å². The van der Waals surface area contributed by atoms with Crippen molar-refractivity contribution >= 4 is 0 Å². The monoisotopic (exact) mass is 225 g/mol. The summed E-state index contributed by atoms with van der Waals surface area (Å²) < 4.78 is 0. The van der Waals surface area contributed by atoms with Gasteiger partial charge in [0, 0.05) is 0 Å². The molecule has 0 heteroatoms. The van der Waals surface area contributed by atoms with E-state index < -0.39 is 0 Å². The van der Waals surface area contributed by atoms with E-state index in [0.29, 0.717) is 5.92 Å². The maximum Gasteiger partial charge on any atom is -0.0386 e. The van der Waals surface area contributed by atoms with Crippen molar-refractivity contribution in [3.05, 3.63) is 6.92 Å². The van der Waals surface area contributed by atoms with Crippen LogP contribution in [0.25, 0.3) is 0 Å². The lowest BCUT2D eigenvalue weighted by molar-refractivity contribution is 0.325. The van der Waals surface area contributed by atoms with Gasteiger partial charge in [-0.1, -0.05) is 85.0 Å². The average Bonchev–Trinajstić information content (AvgIpc) is 2.30. The summed E-state index contributed by atoms with van der Waals surface area (Å²) in [5.41, 5.74) is 0. The fourth-order valence-electron chi connectivity index (χ4n) is 2.57. The fraction of sp³-hybridized carbons (Fsp3) is 0.938. The summed E-state index contributed by atoms with van der Waals surface area (Å²) in [7, 11) is 0. The van der Waals surface area contributed by atoms with Crippen LogP contribution >= 0.6 is 0 Å². The molecule has 0 aliphatic carbocycles. The number of hydrogen-bond acceptors (Lipinski definition) is 0. The Morgan fingerprint density at radius 1 is 0.750 bits per heavy atom. The smallest absolute Gasteiger partial charge is 0.0386 e. The van der Waals surface area contributed by atoms with Gasteiger partial charge in [0.15, 0.2) is 0 Å². The van der Waals surface area contributed by atoms with E-state index in [0.717, 1.165) is 5.92 Å². The van der Waals surface area contributed by atoms with E-state index in [1.165, 1.54) is 64.2 Å². The van der Waals surface area contributed by atoms with Gasteiger partial charge in [0.2, 0.25) is 0 Å². The molecule has 0 aromatic heterocycles. The van der Waals surface area contributed by atoms with Gasteiger partial charge in [0.25, 0.3) is 0 Å². The first-order valence-corrected chi connectivity index (χ1v) is 7.59. The largest absolute Gasteiger partial charge is 0.0654 e. The lowest BCUT2D eigenvalue weighted by Crippen LogP contribution is -2.10. The normalized spacial score (nSPS) is 15.0. The van der Waals surface area contributed by atoms with E-state index in [1.54, 1.807) is 0 Å². The molecule has 0 bridgehead atoms. The van der Waals surface area contributed by atoms with Gasteiger partial charge in [-0.3, -0.25) is 0 Å². The molecule has 97 valence electrons. The van der Waals surface area contributed by atoms with E-state index in [4.69, 9.17) is 0 Å². The van der Waals surface area contributed by atoms with Gasteiger partial charge in [-0.2, -0.15) is 0 Å². The Morgan fingerprint density at radius 3 is 1.94 bits per heavy atom. The Labute approximate surface area is 104 Å². The number of rotatable bonds is 11. The molecule has 0 heterocycles. The zero-order valence-electron chi connectivity index (χ0n) is 11.9. The Kier molecular flexibility index (Phi) is 11.5. The first-order valence-electron chi connectivity index (χ1n) is 7.59. The van der Waals surface area contributed by atoms with E-state index >= 15 is 0 Å². The molecule has 0 N–H and O–H groups in total. The molecule has 0 aromatic rings. The summed E-state index contributed by atoms with van der Waals surface area (Å²) in [6.07, 6.45) is 13.8. The maximum absolute atomic E-state index is 4.36. The van der Waals surface area contributed by atoms with Crippen molar-refractivity contribution in [3.63, 3.8) is 0 Å². The molecule has 2 unspecified atom stereocenters. The predicted molar refractivity (Wildman–Crippen MR) is 75.5 cm³/mol. The van der Waals surface area contributed by atoms with Crippen molar-refractivity contribution < 1.29 is 0 Å². The Morgan fingerprint density at radius 2 is 1.38 bits per heavy atom. The first kappa shape index (κ1) is 16.0. The highest BCUT2D eigenvalue weighted by atomic mass is 14.2. The first-order chi connectivity index (χ1) is 7.76. The van der Waals surface area contributed by atoms with Crippen LogP contribution in [0.3, 0.4) is 0 Å². The van der Waals surface area contributed by atoms with Gasteiger partial charge >= 0.3 is 0 Å². The minimum Gasteiger partial charge on any atom is -0.0654 e. The van der Waals surface area contributed by atoms with Gasteiger partial charge in [0.05, 0.1) is 0 Å². The summed E-state index contributed by atoms with van der Waals surface area (Å²) in [6, 6.07) is 0. The molecule has 0 saturated carbocycles. The molecule has 0 aliphatic heterocycles. The van der Waals surface area contributed by atoms with Gasteiger partial charge in [-0.15, -0.1) is 0 Å². The van der Waals surface area contributed by atoms with E-state index in [9.17, 15) is 0 Å². The van der Waals surface area contributed by atoms with Crippen molar-refractivity contribution in [1.29, 1.82) is 0 Å². The third kappa shape index (κ3) is 8.19. The zero-order chi connectivity index (χ0) is 12.2. The highest BCUT2D eigenvalue weighted by molar-refractivity contribution is 4.70. The summed E-state index contributed by atoms with van der Waals surface area (Å²) >= 11 is 0. The van der Waals surface area contributed by atoms with Crippen molar-refractivity contribution in [1.82, 2.24) is 0 Å². The quantitative estimate of drug-likeness (QED) is 0.377. The van der Waals surface area contributed by atoms with E-state index in [2.05, 4.69) is 27.7 Å². The SMILES string of the molecule is [CH2]C(CCCCCCCC)C(CC)CCC. The zero-order valence-corrected chi connectivity index (χ0v) is 11.9. The topological polar surface area (TPSA) is 0 Å². The summed E-state index contributed by atoms with van der Waals surface area (Å²) in [5, 5.41) is 0. The third-order valence-corrected chi connectivity index (χ3v) is 3.78. The van der Waals surface area contributed by atoms with Crippen LogP contribution in [0.2, 0.25) is 0 Å². The van der Waals surface area contributed by atoms with Crippen molar-refractivity contribution in [3.8, 4) is 0 Å². The average molecular weight is 225 g/mol. The fourth-order valence-corrected chi connectivity index (χ4v) is 2.57. The third-order valence-electron chi connectivity index (χ3n) is 3.78. The predicted octanol–water partition coefficient (Wildman–Crippen LogP) is 6.01. The van der Waals surface area contributed by atoms with Crippen molar-refractivity contribution in [2.45, 2.75) is 85.0 Å². The molecule has 2 atom stereocenters. The number of unbranched alkanes of at least 4 members (excludes halogenated alkanes) is 5. The molecule has 1 radical (unpaired) electrons. The highest BCUT2D eigenvalue weighted by Gasteiger charge is 2.13. The minimum absolute atomic E-state index is 0.705. The van der Waals surface area contributed by atoms with Crippen molar-refractivity contribution in [2.75, 3.05) is 0 Å². The van der Waals surface area contributed by atoms with E-state index in [1.807, 2.05) is 0 Å². The minimum atomic E-state index is 0.705. The van der Waals surface area contributed by atoms with Crippen LogP contribution in [-0.4, -0.2) is 0 Å². The lowest BCUT2D eigenvalue weighted by atomic mass is 9.84. The maximum atomic E-state index is 4.36. The van der Waals surface area contributed by atoms with Crippen LogP contribution in [0.4, 0.5) is 0 Å². The molecule has 0 aliphatic rings. The van der Waals surface area contributed by atoms with Crippen LogP contribution in [-0.2, 0) is 0 Å². The van der Waals surface area contributed by atoms with Gasteiger partial charge in [0.1, 0.15) is 0 Å². The summed E-state index contributed by atoms with van der Waals surface area (Å²) in [5.74, 6) is 1.58. The molecule has 0 fully saturated rings. The molecule has 0 aromatic carbocycles. The summed E-state index contributed by atoms with van der Waals surface area (Å²) in [6.45, 7) is 11.3.